The lowest BCUT2D eigenvalue weighted by Gasteiger charge is -2.23. The number of hydrogen-bond acceptors (Lipinski definition) is 5. The summed E-state index contributed by atoms with van der Waals surface area (Å²) >= 11 is 0. The molecule has 0 fully saturated rings. The van der Waals surface area contributed by atoms with Crippen molar-refractivity contribution in [1.82, 2.24) is 5.32 Å². The van der Waals surface area contributed by atoms with E-state index in [1.54, 1.807) is 33.8 Å². The minimum Gasteiger partial charge on any atom is -0.444 e. The molecule has 0 spiro atoms. The van der Waals surface area contributed by atoms with Crippen LogP contribution in [0.3, 0.4) is 0 Å². The fourth-order valence-corrected chi connectivity index (χ4v) is 1.79. The molecule has 0 radical (unpaired) electrons. The summed E-state index contributed by atoms with van der Waals surface area (Å²) in [6, 6.07) is 3.53. The number of nitro groups is 1. The fourth-order valence-electron chi connectivity index (χ4n) is 1.79. The van der Waals surface area contributed by atoms with Crippen molar-refractivity contribution < 1.29 is 19.6 Å². The number of aliphatic hydroxyl groups is 1. The quantitative estimate of drug-likeness (QED) is 0.656. The summed E-state index contributed by atoms with van der Waals surface area (Å²) in [6.07, 6.45) is -0.688. The largest absolute Gasteiger partial charge is 0.444 e. The number of nitrogens with zero attached hydrogens (tertiary/aromatic N) is 1. The first-order valence-electron chi connectivity index (χ1n) is 6.49. The van der Waals surface area contributed by atoms with Crippen LogP contribution in [0.15, 0.2) is 18.2 Å². The lowest BCUT2D eigenvalue weighted by Crippen LogP contribution is -2.36. The number of nitrogens with one attached hydrogen (secondary N) is 1. The van der Waals surface area contributed by atoms with Crippen LogP contribution in [0, 0.1) is 17.0 Å². The highest BCUT2D eigenvalue weighted by molar-refractivity contribution is 5.68. The second-order valence-corrected chi connectivity index (χ2v) is 5.68. The monoisotopic (exact) mass is 296 g/mol. The van der Waals surface area contributed by atoms with Crippen LogP contribution < -0.4 is 5.32 Å². The summed E-state index contributed by atoms with van der Waals surface area (Å²) in [4.78, 5) is 22.0. The van der Waals surface area contributed by atoms with E-state index in [1.807, 2.05) is 0 Å². The van der Waals surface area contributed by atoms with Crippen LogP contribution in [0.2, 0.25) is 0 Å². The van der Waals surface area contributed by atoms with Gasteiger partial charge in [-0.05, 0) is 38.8 Å². The van der Waals surface area contributed by atoms with Gasteiger partial charge in [0.15, 0.2) is 0 Å². The zero-order valence-electron chi connectivity index (χ0n) is 12.5. The van der Waals surface area contributed by atoms with Crippen molar-refractivity contribution in [2.45, 2.75) is 39.3 Å². The molecular weight excluding hydrogens is 276 g/mol. The molecule has 0 aliphatic heterocycles. The molecule has 1 rings (SSSR count). The Morgan fingerprint density at radius 2 is 2.10 bits per heavy atom. The number of rotatable bonds is 4. The van der Waals surface area contributed by atoms with E-state index in [2.05, 4.69) is 5.32 Å². The number of benzene rings is 1. The molecule has 116 valence electrons. The Hall–Kier alpha value is -2.15. The second-order valence-electron chi connectivity index (χ2n) is 5.68. The third-order valence-corrected chi connectivity index (χ3v) is 2.72. The third kappa shape index (κ3) is 5.03. The topological polar surface area (TPSA) is 102 Å². The van der Waals surface area contributed by atoms with E-state index >= 15 is 0 Å². The number of carbonyl (C=O) groups excluding carboxylic acids is 1. The predicted molar refractivity (Wildman–Crippen MR) is 77.0 cm³/mol. The van der Waals surface area contributed by atoms with Crippen molar-refractivity contribution in [3.63, 3.8) is 0 Å². The van der Waals surface area contributed by atoms with Gasteiger partial charge in [-0.3, -0.25) is 10.1 Å². The first-order valence-corrected chi connectivity index (χ1v) is 6.49. The number of amides is 1. The molecule has 0 saturated heterocycles. The molecule has 0 aliphatic rings. The van der Waals surface area contributed by atoms with Crippen LogP contribution in [0.4, 0.5) is 10.5 Å². The Morgan fingerprint density at radius 1 is 1.48 bits per heavy atom. The summed E-state index contributed by atoms with van der Waals surface area (Å²) in [7, 11) is 0. The van der Waals surface area contributed by atoms with Crippen LogP contribution >= 0.6 is 0 Å². The molecule has 1 aromatic carbocycles. The number of nitro benzene ring substituents is 1. The van der Waals surface area contributed by atoms with Gasteiger partial charge in [0.1, 0.15) is 5.60 Å². The van der Waals surface area contributed by atoms with Gasteiger partial charge in [-0.2, -0.15) is 0 Å². The lowest BCUT2D eigenvalue weighted by molar-refractivity contribution is -0.385. The zero-order chi connectivity index (χ0) is 16.2. The summed E-state index contributed by atoms with van der Waals surface area (Å²) in [6.45, 7) is 6.52. The van der Waals surface area contributed by atoms with E-state index in [0.29, 0.717) is 5.56 Å². The Kier molecular flexibility index (Phi) is 5.26. The Labute approximate surface area is 123 Å². The molecule has 0 bridgehead atoms. The van der Waals surface area contributed by atoms with Crippen LogP contribution in [0.25, 0.3) is 0 Å². The number of ether oxygens (including phenoxy) is 1. The van der Waals surface area contributed by atoms with Gasteiger partial charge in [-0.1, -0.05) is 6.07 Å². The Morgan fingerprint density at radius 3 is 2.57 bits per heavy atom. The number of hydrogen-bond donors (Lipinski definition) is 2. The molecule has 21 heavy (non-hydrogen) atoms. The molecule has 0 heterocycles. The van der Waals surface area contributed by atoms with Crippen molar-refractivity contribution in [2.75, 3.05) is 6.61 Å². The maximum absolute atomic E-state index is 11.8. The molecule has 1 amide bonds. The van der Waals surface area contributed by atoms with Gasteiger partial charge in [0.25, 0.3) is 5.69 Å². The van der Waals surface area contributed by atoms with Crippen molar-refractivity contribution in [3.8, 4) is 0 Å². The minimum absolute atomic E-state index is 0.0972. The van der Waals surface area contributed by atoms with Crippen molar-refractivity contribution in [2.24, 2.45) is 0 Å². The van der Waals surface area contributed by atoms with Crippen molar-refractivity contribution in [1.29, 1.82) is 0 Å². The van der Waals surface area contributed by atoms with E-state index in [1.165, 1.54) is 12.1 Å². The lowest BCUT2D eigenvalue weighted by atomic mass is 10.0. The summed E-state index contributed by atoms with van der Waals surface area (Å²) in [5.74, 6) is 0. The Bertz CT molecular complexity index is 537. The molecule has 0 aliphatic carbocycles. The van der Waals surface area contributed by atoms with Gasteiger partial charge in [-0.15, -0.1) is 0 Å². The molecule has 2 N–H and O–H groups in total. The molecule has 0 saturated carbocycles. The predicted octanol–water partition coefficient (Wildman–Crippen LogP) is 2.46. The van der Waals surface area contributed by atoms with Gasteiger partial charge in [0, 0.05) is 12.1 Å². The minimum atomic E-state index is -0.764. The number of aryl methyl sites for hydroxylation is 1. The van der Waals surface area contributed by atoms with Crippen LogP contribution in [-0.4, -0.2) is 28.3 Å². The van der Waals surface area contributed by atoms with Crippen LogP contribution in [0.5, 0.6) is 0 Å². The van der Waals surface area contributed by atoms with Gasteiger partial charge in [-0.25, -0.2) is 4.79 Å². The van der Waals surface area contributed by atoms with E-state index in [-0.39, 0.29) is 12.3 Å². The van der Waals surface area contributed by atoms with Crippen LogP contribution in [0.1, 0.15) is 37.9 Å². The number of carbonyl (C=O) groups is 1. The SMILES string of the molecule is Cc1ccc([N+](=O)[O-])cc1C(CO)NC(=O)OC(C)(C)C. The van der Waals surface area contributed by atoms with Gasteiger partial charge >= 0.3 is 6.09 Å². The molecule has 1 unspecified atom stereocenters. The third-order valence-electron chi connectivity index (χ3n) is 2.72. The standard InChI is InChI=1S/C14H20N2O5/c1-9-5-6-10(16(19)20)7-11(9)12(8-17)15-13(18)21-14(2,3)4/h5-7,12,17H,8H2,1-4H3,(H,15,18). The zero-order valence-corrected chi connectivity index (χ0v) is 12.5. The van der Waals surface area contributed by atoms with E-state index in [4.69, 9.17) is 4.74 Å². The number of alkyl carbamates (subject to hydrolysis) is 1. The van der Waals surface area contributed by atoms with E-state index in [0.717, 1.165) is 5.56 Å². The Balaban J connectivity index is 2.97. The molecule has 7 heteroatoms. The van der Waals surface area contributed by atoms with Gasteiger partial charge < -0.3 is 15.2 Å². The molecule has 1 atom stereocenters. The number of non-ortho nitro benzene ring substituents is 1. The van der Waals surface area contributed by atoms with E-state index < -0.39 is 22.7 Å². The van der Waals surface area contributed by atoms with Gasteiger partial charge in [0.2, 0.25) is 0 Å². The fraction of sp³-hybridized carbons (Fsp3) is 0.500. The smallest absolute Gasteiger partial charge is 0.408 e. The summed E-state index contributed by atoms with van der Waals surface area (Å²) in [5.41, 5.74) is 0.454. The molecular formula is C14H20N2O5. The maximum Gasteiger partial charge on any atom is 0.408 e. The average molecular weight is 296 g/mol. The normalized spacial score (nSPS) is 12.6. The van der Waals surface area contributed by atoms with E-state index in [9.17, 15) is 20.0 Å². The van der Waals surface area contributed by atoms with Crippen molar-refractivity contribution >= 4 is 11.8 Å². The highest BCUT2D eigenvalue weighted by atomic mass is 16.6. The molecule has 1 aromatic rings. The highest BCUT2D eigenvalue weighted by Gasteiger charge is 2.22. The molecule has 0 aromatic heterocycles. The maximum atomic E-state index is 11.8. The first kappa shape index (κ1) is 16.9. The average Bonchev–Trinajstić information content (AvgIpc) is 2.34. The van der Waals surface area contributed by atoms with Crippen molar-refractivity contribution in [3.05, 3.63) is 39.4 Å². The summed E-state index contributed by atoms with van der Waals surface area (Å²) < 4.78 is 5.11. The summed E-state index contributed by atoms with van der Waals surface area (Å²) in [5, 5.41) is 22.8. The first-order chi connectivity index (χ1) is 9.64. The number of aliphatic hydroxyl groups excluding tert-OH is 1. The molecule has 7 nitrogen and oxygen atoms in total. The van der Waals surface area contributed by atoms with Gasteiger partial charge in [0.05, 0.1) is 17.6 Å². The second kappa shape index (κ2) is 6.53. The van der Waals surface area contributed by atoms with Crippen LogP contribution in [-0.2, 0) is 4.74 Å². The highest BCUT2D eigenvalue weighted by Crippen LogP contribution is 2.23.